The smallest absolute Gasteiger partial charge is 0.341 e. The quantitative estimate of drug-likeness (QED) is 0.369. The molecular weight excluding hydrogens is 438 g/mol. The monoisotopic (exact) mass is 461 g/mol. The first-order chi connectivity index (χ1) is 15.2. The fourth-order valence-corrected chi connectivity index (χ4v) is 2.75. The van der Waals surface area contributed by atoms with E-state index in [9.17, 15) is 14.4 Å². The van der Waals surface area contributed by atoms with Gasteiger partial charge in [-0.3, -0.25) is 9.59 Å². The predicted octanol–water partition coefficient (Wildman–Crippen LogP) is 2.72. The van der Waals surface area contributed by atoms with Gasteiger partial charge in [-0.1, -0.05) is 25.4 Å². The molecule has 0 aliphatic rings. The van der Waals surface area contributed by atoms with Crippen molar-refractivity contribution in [3.05, 3.63) is 58.6 Å². The zero-order valence-electron chi connectivity index (χ0n) is 17.8. The number of carboxylic acid groups (broad SMARTS) is 1. The Hall–Kier alpha value is -3.59. The van der Waals surface area contributed by atoms with Gasteiger partial charge in [-0.2, -0.15) is 5.10 Å². The number of carbonyl (C=O) groups is 3. The summed E-state index contributed by atoms with van der Waals surface area (Å²) in [6.45, 7) is 3.10. The minimum Gasteiger partial charge on any atom is -0.493 e. The maximum atomic E-state index is 12.6. The van der Waals surface area contributed by atoms with Crippen LogP contribution in [-0.2, 0) is 9.59 Å². The van der Waals surface area contributed by atoms with Gasteiger partial charge in [0.25, 0.3) is 11.8 Å². The summed E-state index contributed by atoms with van der Waals surface area (Å²) in [5, 5.41) is 15.9. The number of benzene rings is 2. The second-order valence-electron chi connectivity index (χ2n) is 7.03. The molecule has 2 aromatic rings. The van der Waals surface area contributed by atoms with E-state index >= 15 is 0 Å². The van der Waals surface area contributed by atoms with Gasteiger partial charge in [0.05, 0.1) is 13.3 Å². The Morgan fingerprint density at radius 1 is 1.12 bits per heavy atom. The zero-order valence-corrected chi connectivity index (χ0v) is 18.6. The fraction of sp³-hybridized carbons (Fsp3) is 0.273. The molecule has 170 valence electrons. The van der Waals surface area contributed by atoms with E-state index in [-0.39, 0.29) is 11.7 Å². The highest BCUT2D eigenvalue weighted by atomic mass is 35.5. The number of methoxy groups -OCH3 is 1. The summed E-state index contributed by atoms with van der Waals surface area (Å²) in [5.74, 6) is -1.60. The summed E-state index contributed by atoms with van der Waals surface area (Å²) < 4.78 is 10.3. The second-order valence-corrected chi connectivity index (χ2v) is 7.47. The van der Waals surface area contributed by atoms with Gasteiger partial charge in [-0.25, -0.2) is 10.2 Å². The van der Waals surface area contributed by atoms with Crippen LogP contribution in [-0.4, -0.2) is 48.9 Å². The number of halogens is 1. The van der Waals surface area contributed by atoms with Crippen LogP contribution in [0.1, 0.15) is 29.8 Å². The van der Waals surface area contributed by atoms with Gasteiger partial charge in [0.2, 0.25) is 0 Å². The van der Waals surface area contributed by atoms with Gasteiger partial charge in [-0.15, -0.1) is 0 Å². The van der Waals surface area contributed by atoms with Crippen molar-refractivity contribution >= 4 is 35.6 Å². The SMILES string of the molecule is COc1cc(C=NNC(=O)C(NC(=O)c2ccc(Cl)cc2)C(C)C)ccc1OCC(=O)O. The van der Waals surface area contributed by atoms with Crippen LogP contribution < -0.4 is 20.2 Å². The van der Waals surface area contributed by atoms with Crippen molar-refractivity contribution in [2.24, 2.45) is 11.0 Å². The normalized spacial score (nSPS) is 11.8. The van der Waals surface area contributed by atoms with Gasteiger partial charge in [-0.05, 0) is 53.9 Å². The highest BCUT2D eigenvalue weighted by molar-refractivity contribution is 6.30. The first kappa shape index (κ1) is 24.7. The molecule has 0 aliphatic heterocycles. The van der Waals surface area contributed by atoms with Gasteiger partial charge in [0.1, 0.15) is 6.04 Å². The number of rotatable bonds is 10. The lowest BCUT2D eigenvalue weighted by Gasteiger charge is -2.20. The first-order valence-electron chi connectivity index (χ1n) is 9.63. The predicted molar refractivity (Wildman–Crippen MR) is 119 cm³/mol. The van der Waals surface area contributed by atoms with Crippen molar-refractivity contribution in [3.63, 3.8) is 0 Å². The number of carboxylic acids is 1. The van der Waals surface area contributed by atoms with Crippen LogP contribution in [0.25, 0.3) is 0 Å². The van der Waals surface area contributed by atoms with E-state index in [4.69, 9.17) is 26.2 Å². The average molecular weight is 462 g/mol. The highest BCUT2D eigenvalue weighted by Crippen LogP contribution is 2.27. The number of ether oxygens (including phenoxy) is 2. The maximum Gasteiger partial charge on any atom is 0.341 e. The summed E-state index contributed by atoms with van der Waals surface area (Å²) >= 11 is 5.84. The molecule has 3 N–H and O–H groups in total. The number of amides is 2. The van der Waals surface area contributed by atoms with Gasteiger partial charge in [0, 0.05) is 10.6 Å². The van der Waals surface area contributed by atoms with Crippen LogP contribution in [0.4, 0.5) is 0 Å². The molecule has 10 heteroatoms. The summed E-state index contributed by atoms with van der Waals surface area (Å²) in [6, 6.07) is 10.3. The van der Waals surface area contributed by atoms with Crippen LogP contribution in [0, 0.1) is 5.92 Å². The highest BCUT2D eigenvalue weighted by Gasteiger charge is 2.24. The van der Waals surface area contributed by atoms with E-state index in [2.05, 4.69) is 15.8 Å². The van der Waals surface area contributed by atoms with Crippen LogP contribution >= 0.6 is 11.6 Å². The number of hydrazone groups is 1. The lowest BCUT2D eigenvalue weighted by Crippen LogP contribution is -2.48. The van der Waals surface area contributed by atoms with Crippen molar-refractivity contribution in [1.29, 1.82) is 0 Å². The molecule has 9 nitrogen and oxygen atoms in total. The van der Waals surface area contributed by atoms with E-state index in [1.54, 1.807) is 50.2 Å². The third-order valence-electron chi connectivity index (χ3n) is 4.27. The van der Waals surface area contributed by atoms with Crippen molar-refractivity contribution in [1.82, 2.24) is 10.7 Å². The Balaban J connectivity index is 2.02. The molecule has 0 aliphatic carbocycles. The molecule has 1 unspecified atom stereocenters. The molecule has 32 heavy (non-hydrogen) atoms. The number of hydrogen-bond donors (Lipinski definition) is 3. The van der Waals surface area contributed by atoms with Crippen molar-refractivity contribution in [2.45, 2.75) is 19.9 Å². The minimum absolute atomic E-state index is 0.188. The number of carbonyl (C=O) groups excluding carboxylic acids is 2. The molecule has 0 saturated carbocycles. The largest absolute Gasteiger partial charge is 0.493 e. The molecule has 1 atom stereocenters. The minimum atomic E-state index is -1.11. The molecule has 0 bridgehead atoms. The lowest BCUT2D eigenvalue weighted by molar-refractivity contribution is -0.139. The summed E-state index contributed by atoms with van der Waals surface area (Å²) in [4.78, 5) is 35.6. The molecule has 0 fully saturated rings. The van der Waals surface area contributed by atoms with E-state index in [0.29, 0.717) is 21.9 Å². The zero-order chi connectivity index (χ0) is 23.7. The first-order valence-corrected chi connectivity index (χ1v) is 10.0. The van der Waals surface area contributed by atoms with Crippen LogP contribution in [0.3, 0.4) is 0 Å². The van der Waals surface area contributed by atoms with E-state index in [0.717, 1.165) is 0 Å². The summed E-state index contributed by atoms with van der Waals surface area (Å²) in [7, 11) is 1.42. The Morgan fingerprint density at radius 2 is 1.81 bits per heavy atom. The van der Waals surface area contributed by atoms with E-state index in [1.807, 2.05) is 0 Å². The molecule has 0 radical (unpaired) electrons. The Morgan fingerprint density at radius 3 is 2.41 bits per heavy atom. The van der Waals surface area contributed by atoms with Crippen molar-refractivity contribution in [3.8, 4) is 11.5 Å². The Kier molecular flexibility index (Phi) is 9.03. The van der Waals surface area contributed by atoms with Crippen molar-refractivity contribution < 1.29 is 29.0 Å². The van der Waals surface area contributed by atoms with E-state index < -0.39 is 30.4 Å². The molecule has 2 rings (SSSR count). The Bertz CT molecular complexity index is 992. The van der Waals surface area contributed by atoms with Gasteiger partial charge >= 0.3 is 5.97 Å². The number of nitrogens with zero attached hydrogens (tertiary/aromatic N) is 1. The molecular formula is C22H24ClN3O6. The van der Waals surface area contributed by atoms with Gasteiger partial charge < -0.3 is 19.9 Å². The van der Waals surface area contributed by atoms with E-state index in [1.165, 1.54) is 19.4 Å². The second kappa shape index (κ2) is 11.7. The molecule has 0 aromatic heterocycles. The van der Waals surface area contributed by atoms with Crippen molar-refractivity contribution in [2.75, 3.05) is 13.7 Å². The molecule has 0 heterocycles. The number of hydrogen-bond acceptors (Lipinski definition) is 6. The third-order valence-corrected chi connectivity index (χ3v) is 4.52. The van der Waals surface area contributed by atoms with Crippen LogP contribution in [0.2, 0.25) is 5.02 Å². The summed E-state index contributed by atoms with van der Waals surface area (Å²) in [6.07, 6.45) is 1.39. The van der Waals surface area contributed by atoms with Gasteiger partial charge in [0.15, 0.2) is 18.1 Å². The topological polar surface area (TPSA) is 126 Å². The molecule has 0 saturated heterocycles. The maximum absolute atomic E-state index is 12.6. The molecule has 0 spiro atoms. The Labute approximate surface area is 190 Å². The molecule has 2 aromatic carbocycles. The fourth-order valence-electron chi connectivity index (χ4n) is 2.62. The molecule has 2 amide bonds. The van der Waals surface area contributed by atoms with Crippen LogP contribution in [0.15, 0.2) is 47.6 Å². The third kappa shape index (κ3) is 7.28. The number of aliphatic carboxylic acids is 1. The standard InChI is InChI=1S/C22H24ClN3O6/c1-13(2)20(25-21(29)15-5-7-16(23)8-6-15)22(30)26-24-11-14-4-9-17(18(10-14)31-3)32-12-19(27)28/h4-11,13,20H,12H2,1-3H3,(H,25,29)(H,26,30)(H,27,28). The number of nitrogens with one attached hydrogen (secondary N) is 2. The van der Waals surface area contributed by atoms with Crippen LogP contribution in [0.5, 0.6) is 11.5 Å². The summed E-state index contributed by atoms with van der Waals surface area (Å²) in [5.41, 5.74) is 3.38. The lowest BCUT2D eigenvalue weighted by atomic mass is 10.0. The average Bonchev–Trinajstić information content (AvgIpc) is 2.76.